The molecule has 0 aliphatic heterocycles. The molecule has 0 aliphatic rings. The molecule has 10 heteroatoms. The minimum absolute atomic E-state index is 0.248. The Balaban J connectivity index is 2.47. The molecule has 2 rings (SSSR count). The van der Waals surface area contributed by atoms with Crippen molar-refractivity contribution >= 4 is 23.2 Å². The van der Waals surface area contributed by atoms with E-state index in [1.807, 2.05) is 0 Å². The van der Waals surface area contributed by atoms with Crippen LogP contribution in [0.1, 0.15) is 11.1 Å². The number of rotatable bonds is 5. The van der Waals surface area contributed by atoms with Crippen LogP contribution in [0.2, 0.25) is 0 Å². The maximum Gasteiger partial charge on any atom is 0.296 e. The highest BCUT2D eigenvalue weighted by atomic mass is 32.2. The lowest BCUT2D eigenvalue weighted by molar-refractivity contribution is -0.113. The number of primary amides is 1. The molecule has 2 N–H and O–H groups in total. The van der Waals surface area contributed by atoms with Crippen molar-refractivity contribution in [2.24, 2.45) is 5.73 Å². The van der Waals surface area contributed by atoms with E-state index in [4.69, 9.17) is 5.73 Å². The van der Waals surface area contributed by atoms with Crippen LogP contribution in [0.3, 0.4) is 0 Å². The molecule has 138 valence electrons. The van der Waals surface area contributed by atoms with Crippen LogP contribution in [0, 0.1) is 34.9 Å². The number of carbonyl (C=O) groups excluding carboxylic acids is 1. The Morgan fingerprint density at radius 1 is 0.923 bits per heavy atom. The summed E-state index contributed by atoms with van der Waals surface area (Å²) in [4.78, 5) is 10.6. The fourth-order valence-corrected chi connectivity index (χ4v) is 3.06. The van der Waals surface area contributed by atoms with Gasteiger partial charge in [-0.15, -0.1) is 0 Å². The minimum Gasteiger partial charge on any atom is -0.611 e. The first-order chi connectivity index (χ1) is 12.1. The highest BCUT2D eigenvalue weighted by Gasteiger charge is 2.28. The summed E-state index contributed by atoms with van der Waals surface area (Å²) in [5.41, 5.74) is 3.85. The Morgan fingerprint density at radius 3 is 1.85 bits per heavy atom. The van der Waals surface area contributed by atoms with Gasteiger partial charge in [0.25, 0.3) is 5.91 Å². The van der Waals surface area contributed by atoms with Crippen LogP contribution in [0.15, 0.2) is 29.2 Å². The molecule has 0 saturated heterocycles. The number of amides is 1. The summed E-state index contributed by atoms with van der Waals surface area (Å²) in [5, 5.41) is 0. The molecule has 0 heterocycles. The molecule has 0 saturated carbocycles. The number of benzene rings is 2. The minimum atomic E-state index is -2.37. The lowest BCUT2D eigenvalue weighted by Crippen LogP contribution is -2.22. The van der Waals surface area contributed by atoms with Crippen LogP contribution in [0.5, 0.6) is 0 Å². The number of carbonyl (C=O) groups is 1. The van der Waals surface area contributed by atoms with Crippen molar-refractivity contribution in [3.05, 3.63) is 75.2 Å². The van der Waals surface area contributed by atoms with Gasteiger partial charge in [0.05, 0.1) is 5.56 Å². The number of nitrogens with two attached hydrogens (primary N) is 1. The monoisotopic (exact) mass is 393 g/mol. The van der Waals surface area contributed by atoms with Crippen molar-refractivity contribution < 1.29 is 35.7 Å². The van der Waals surface area contributed by atoms with Crippen molar-refractivity contribution in [1.82, 2.24) is 0 Å². The van der Waals surface area contributed by atoms with E-state index in [0.717, 1.165) is 12.1 Å². The lowest BCUT2D eigenvalue weighted by Gasteiger charge is -2.12. The maximum atomic E-state index is 13.7. The van der Waals surface area contributed by atoms with Crippen LogP contribution in [0.4, 0.5) is 26.3 Å². The number of hydrogen-bond donors (Lipinski definition) is 1. The molecule has 3 nitrogen and oxygen atoms in total. The van der Waals surface area contributed by atoms with Crippen molar-refractivity contribution in [2.45, 2.75) is 5.75 Å². The second kappa shape index (κ2) is 7.83. The zero-order chi connectivity index (χ0) is 19.6. The fraction of sp³-hybridized carbons (Fsp3) is 0.0625. The third-order valence-electron chi connectivity index (χ3n) is 3.22. The molecular formula is C16H9F6NO2S. The third kappa shape index (κ3) is 4.02. The smallest absolute Gasteiger partial charge is 0.296 e. The third-order valence-corrected chi connectivity index (χ3v) is 4.62. The van der Waals surface area contributed by atoms with E-state index in [1.165, 1.54) is 12.1 Å². The Morgan fingerprint density at radius 2 is 1.38 bits per heavy atom. The Bertz CT molecular complexity index is 856. The van der Waals surface area contributed by atoms with Crippen molar-refractivity contribution in [3.8, 4) is 0 Å². The zero-order valence-corrected chi connectivity index (χ0v) is 13.5. The highest BCUT2D eigenvalue weighted by molar-refractivity contribution is 7.95. The van der Waals surface area contributed by atoms with Gasteiger partial charge in [0, 0.05) is 11.6 Å². The van der Waals surface area contributed by atoms with E-state index in [0.29, 0.717) is 0 Å². The summed E-state index contributed by atoms with van der Waals surface area (Å²) >= 11 is -2.29. The van der Waals surface area contributed by atoms with Gasteiger partial charge in [0.15, 0.2) is 23.3 Å². The topological polar surface area (TPSA) is 66.2 Å². The predicted octanol–water partition coefficient (Wildman–Crippen LogP) is 3.30. The van der Waals surface area contributed by atoms with E-state index in [1.54, 1.807) is 0 Å². The quantitative estimate of drug-likeness (QED) is 0.279. The van der Waals surface area contributed by atoms with E-state index in [2.05, 4.69) is 0 Å². The summed E-state index contributed by atoms with van der Waals surface area (Å²) in [6.07, 6.45) is 0.248. The van der Waals surface area contributed by atoms with Gasteiger partial charge >= 0.3 is 0 Å². The first-order valence-corrected chi connectivity index (χ1v) is 8.11. The van der Waals surface area contributed by atoms with Gasteiger partial charge < -0.3 is 10.3 Å². The van der Waals surface area contributed by atoms with Gasteiger partial charge in [-0.2, -0.15) is 0 Å². The predicted molar refractivity (Wildman–Crippen MR) is 81.6 cm³/mol. The Kier molecular flexibility index (Phi) is 5.98. The number of hydrogen-bond acceptors (Lipinski definition) is 2. The largest absolute Gasteiger partial charge is 0.611 e. The molecule has 1 amide bonds. The first-order valence-electron chi connectivity index (χ1n) is 6.79. The van der Waals surface area contributed by atoms with Gasteiger partial charge in [0.2, 0.25) is 10.7 Å². The maximum absolute atomic E-state index is 13.7. The molecule has 2 aromatic carbocycles. The van der Waals surface area contributed by atoms with Crippen LogP contribution in [0.25, 0.3) is 6.08 Å². The summed E-state index contributed by atoms with van der Waals surface area (Å²) in [6, 6.07) is 4.57. The van der Waals surface area contributed by atoms with Crippen LogP contribution in [-0.2, 0) is 21.7 Å². The molecule has 0 aliphatic carbocycles. The van der Waals surface area contributed by atoms with E-state index >= 15 is 0 Å². The van der Waals surface area contributed by atoms with Gasteiger partial charge in [-0.25, -0.2) is 26.3 Å². The molecule has 1 atom stereocenters. The molecule has 0 bridgehead atoms. The van der Waals surface area contributed by atoms with Crippen LogP contribution < -0.4 is 5.73 Å². The summed E-state index contributed by atoms with van der Waals surface area (Å²) in [6.45, 7) is 0. The second-order valence-electron chi connectivity index (χ2n) is 4.97. The van der Waals surface area contributed by atoms with Crippen molar-refractivity contribution in [1.29, 1.82) is 0 Å². The highest BCUT2D eigenvalue weighted by Crippen LogP contribution is 2.26. The van der Waals surface area contributed by atoms with Crippen molar-refractivity contribution in [2.75, 3.05) is 0 Å². The number of halogens is 6. The average Bonchev–Trinajstić information content (AvgIpc) is 2.60. The molecule has 0 spiro atoms. The SMILES string of the molecule is NC(=O)C(=Cc1c(F)c(F)c(F)c(F)c1F)[S+]([O-])Cc1ccc(F)cc1. The molecule has 0 aromatic heterocycles. The summed E-state index contributed by atoms with van der Waals surface area (Å²) in [7, 11) is 0. The van der Waals surface area contributed by atoms with Gasteiger partial charge in [-0.05, 0) is 23.3 Å². The standard InChI is InChI=1S/C16H9F6NO2S/c17-8-3-1-7(2-4-8)6-26(25)10(16(23)24)5-9-11(18)13(20)15(22)14(21)12(9)19/h1-5H,6H2,(H2,23,24). The van der Waals surface area contributed by atoms with Gasteiger partial charge in [-0.1, -0.05) is 12.1 Å². The first kappa shape index (κ1) is 19.9. The van der Waals surface area contributed by atoms with Gasteiger partial charge in [0.1, 0.15) is 11.6 Å². The van der Waals surface area contributed by atoms with Crippen LogP contribution >= 0.6 is 0 Å². The Labute approximate surface area is 146 Å². The molecule has 1 unspecified atom stereocenters. The van der Waals surface area contributed by atoms with E-state index in [9.17, 15) is 35.7 Å². The summed E-state index contributed by atoms with van der Waals surface area (Å²) < 4.78 is 92.0. The summed E-state index contributed by atoms with van der Waals surface area (Å²) in [5.74, 6) is -13.6. The second-order valence-corrected chi connectivity index (χ2v) is 6.39. The average molecular weight is 393 g/mol. The van der Waals surface area contributed by atoms with E-state index < -0.39 is 68.2 Å². The zero-order valence-electron chi connectivity index (χ0n) is 12.7. The van der Waals surface area contributed by atoms with Crippen molar-refractivity contribution in [3.63, 3.8) is 0 Å². The van der Waals surface area contributed by atoms with Crippen LogP contribution in [-0.4, -0.2) is 10.5 Å². The molecule has 2 aromatic rings. The molecular weight excluding hydrogens is 384 g/mol. The lowest BCUT2D eigenvalue weighted by atomic mass is 10.1. The Hall–Kier alpha value is -2.46. The molecule has 0 fully saturated rings. The molecule has 0 radical (unpaired) electrons. The van der Waals surface area contributed by atoms with Gasteiger partial charge in [-0.3, -0.25) is 4.79 Å². The fourth-order valence-electron chi connectivity index (χ4n) is 1.94. The van der Waals surface area contributed by atoms with E-state index in [-0.39, 0.29) is 11.6 Å². The normalized spacial score (nSPS) is 13.0. The molecule has 26 heavy (non-hydrogen) atoms.